The molecule has 1 aliphatic heterocycles. The molecule has 2 amide bonds. The molecule has 0 fully saturated rings. The third kappa shape index (κ3) is 5.85. The second-order valence-electron chi connectivity index (χ2n) is 9.01. The van der Waals surface area contributed by atoms with Crippen LogP contribution in [0.5, 0.6) is 11.5 Å². The van der Waals surface area contributed by atoms with Crippen molar-refractivity contribution in [3.63, 3.8) is 0 Å². The molecule has 1 N–H and O–H groups in total. The van der Waals surface area contributed by atoms with Gasteiger partial charge in [-0.3, -0.25) is 0 Å². The monoisotopic (exact) mass is 485 g/mol. The van der Waals surface area contributed by atoms with E-state index in [2.05, 4.69) is 10.2 Å². The molecule has 1 aliphatic rings. The number of carbonyl (C=O) groups excluding carboxylic acids is 1. The highest BCUT2D eigenvalue weighted by Gasteiger charge is 2.28. The van der Waals surface area contributed by atoms with Gasteiger partial charge in [0.1, 0.15) is 5.82 Å². The molecule has 2 aromatic carbocycles. The summed E-state index contributed by atoms with van der Waals surface area (Å²) in [5.41, 5.74) is 3.53. The molecule has 0 spiro atoms. The Morgan fingerprint density at radius 1 is 1.14 bits per heavy atom. The first-order valence-corrected chi connectivity index (χ1v) is 11.7. The lowest BCUT2D eigenvalue weighted by Gasteiger charge is -2.23. The van der Waals surface area contributed by atoms with Crippen LogP contribution in [0.3, 0.4) is 0 Å². The largest absolute Gasteiger partial charge is 0.493 e. The Balaban J connectivity index is 2.14. The minimum absolute atomic E-state index is 0.210. The first kappa shape index (κ1) is 26.3. The van der Waals surface area contributed by atoms with E-state index >= 15 is 0 Å². The molecular formula is C26H36FN5O3. The molecule has 0 saturated carbocycles. The summed E-state index contributed by atoms with van der Waals surface area (Å²) in [5, 5.41) is 8.89. The number of rotatable bonds is 8. The van der Waals surface area contributed by atoms with Crippen molar-refractivity contribution < 1.29 is 18.7 Å². The molecule has 9 heteroatoms. The van der Waals surface area contributed by atoms with E-state index in [0.717, 1.165) is 24.1 Å². The SMILES string of the molecule is CNC(=O)N1N=C(c2ccc(F)c(N(C)CCCN(C)C)c2)c2cc(OC)c(OC)cc2CC1C. The van der Waals surface area contributed by atoms with E-state index in [-0.39, 0.29) is 17.9 Å². The van der Waals surface area contributed by atoms with Crippen molar-refractivity contribution in [3.05, 3.63) is 52.8 Å². The Morgan fingerprint density at radius 3 is 2.46 bits per heavy atom. The highest BCUT2D eigenvalue weighted by atomic mass is 19.1. The number of methoxy groups -OCH3 is 2. The van der Waals surface area contributed by atoms with Gasteiger partial charge in [0.05, 0.1) is 31.7 Å². The van der Waals surface area contributed by atoms with Gasteiger partial charge < -0.3 is 24.6 Å². The van der Waals surface area contributed by atoms with Gasteiger partial charge in [-0.1, -0.05) is 0 Å². The minimum atomic E-state index is -0.315. The molecule has 1 unspecified atom stereocenters. The zero-order chi connectivity index (χ0) is 25.7. The maximum absolute atomic E-state index is 14.9. The van der Waals surface area contributed by atoms with Crippen molar-refractivity contribution in [1.29, 1.82) is 0 Å². The zero-order valence-electron chi connectivity index (χ0n) is 21.7. The van der Waals surface area contributed by atoms with Crippen molar-refractivity contribution in [2.75, 3.05) is 60.4 Å². The number of ether oxygens (including phenoxy) is 2. The van der Waals surface area contributed by atoms with E-state index in [1.807, 2.05) is 45.1 Å². The lowest BCUT2D eigenvalue weighted by molar-refractivity contribution is 0.184. The van der Waals surface area contributed by atoms with Crippen LogP contribution in [0, 0.1) is 5.82 Å². The standard InChI is InChI=1S/C26H36FN5O3/c1-17-13-19-15-23(34-6)24(35-7)16-20(19)25(29-32(17)26(33)28-2)18-9-10-21(27)22(14-18)31(5)12-8-11-30(3)4/h9-10,14-17H,8,11-13H2,1-7H3,(H,28,33). The summed E-state index contributed by atoms with van der Waals surface area (Å²) in [6.07, 6.45) is 1.46. The van der Waals surface area contributed by atoms with E-state index in [0.29, 0.717) is 41.4 Å². The van der Waals surface area contributed by atoms with Crippen molar-refractivity contribution >= 4 is 17.4 Å². The second-order valence-corrected chi connectivity index (χ2v) is 9.01. The molecular weight excluding hydrogens is 449 g/mol. The van der Waals surface area contributed by atoms with Crippen LogP contribution in [0.1, 0.15) is 30.0 Å². The summed E-state index contributed by atoms with van der Waals surface area (Å²) in [6.45, 7) is 3.55. The Kier molecular flexibility index (Phi) is 8.56. The van der Waals surface area contributed by atoms with Gasteiger partial charge in [0.25, 0.3) is 0 Å². The number of carbonyl (C=O) groups is 1. The summed E-state index contributed by atoms with van der Waals surface area (Å²) in [7, 11) is 10.7. The molecule has 8 nitrogen and oxygen atoms in total. The number of hydrogen-bond donors (Lipinski definition) is 1. The van der Waals surface area contributed by atoms with Gasteiger partial charge in [0.15, 0.2) is 11.5 Å². The van der Waals surface area contributed by atoms with Gasteiger partial charge >= 0.3 is 6.03 Å². The number of halogens is 1. The molecule has 2 aromatic rings. The highest BCUT2D eigenvalue weighted by molar-refractivity contribution is 6.15. The Morgan fingerprint density at radius 2 is 1.83 bits per heavy atom. The van der Waals surface area contributed by atoms with Crippen LogP contribution >= 0.6 is 0 Å². The molecule has 1 heterocycles. The molecule has 0 aromatic heterocycles. The highest BCUT2D eigenvalue weighted by Crippen LogP contribution is 2.35. The van der Waals surface area contributed by atoms with Crippen LogP contribution in [-0.4, -0.2) is 83.2 Å². The first-order chi connectivity index (χ1) is 16.7. The van der Waals surface area contributed by atoms with E-state index in [4.69, 9.17) is 14.6 Å². The molecule has 1 atom stereocenters. The lowest BCUT2D eigenvalue weighted by atomic mass is 9.93. The van der Waals surface area contributed by atoms with E-state index in [9.17, 15) is 9.18 Å². The molecule has 0 radical (unpaired) electrons. The molecule has 0 aliphatic carbocycles. The number of urea groups is 1. The normalized spacial score (nSPS) is 15.3. The molecule has 35 heavy (non-hydrogen) atoms. The van der Waals surface area contributed by atoms with E-state index in [1.165, 1.54) is 11.1 Å². The number of anilines is 1. The number of benzene rings is 2. The topological polar surface area (TPSA) is 69.6 Å². The van der Waals surface area contributed by atoms with Gasteiger partial charge in [-0.25, -0.2) is 14.2 Å². The second kappa shape index (κ2) is 11.4. The third-order valence-corrected chi connectivity index (χ3v) is 6.16. The summed E-state index contributed by atoms with van der Waals surface area (Å²) < 4.78 is 26.0. The van der Waals surface area contributed by atoms with Crippen LogP contribution < -0.4 is 19.7 Å². The van der Waals surface area contributed by atoms with Crippen LogP contribution in [0.25, 0.3) is 0 Å². The van der Waals surface area contributed by atoms with Crippen molar-refractivity contribution in [3.8, 4) is 11.5 Å². The lowest BCUT2D eigenvalue weighted by Crippen LogP contribution is -2.41. The van der Waals surface area contributed by atoms with Gasteiger partial charge in [0.2, 0.25) is 0 Å². The van der Waals surface area contributed by atoms with Crippen molar-refractivity contribution in [2.45, 2.75) is 25.8 Å². The summed E-state index contributed by atoms with van der Waals surface area (Å²) in [5.74, 6) is 0.856. The quantitative estimate of drug-likeness (QED) is 0.619. The van der Waals surface area contributed by atoms with Crippen LogP contribution in [0.4, 0.5) is 14.9 Å². The van der Waals surface area contributed by atoms with Crippen molar-refractivity contribution in [2.24, 2.45) is 5.10 Å². The summed E-state index contributed by atoms with van der Waals surface area (Å²) >= 11 is 0. The van der Waals surface area contributed by atoms with E-state index < -0.39 is 0 Å². The van der Waals surface area contributed by atoms with Crippen LogP contribution in [-0.2, 0) is 6.42 Å². The zero-order valence-corrected chi connectivity index (χ0v) is 21.7. The smallest absolute Gasteiger partial charge is 0.337 e. The predicted molar refractivity (Wildman–Crippen MR) is 137 cm³/mol. The number of amides is 2. The fourth-order valence-corrected chi connectivity index (χ4v) is 4.25. The first-order valence-electron chi connectivity index (χ1n) is 11.7. The fourth-order valence-electron chi connectivity index (χ4n) is 4.25. The van der Waals surface area contributed by atoms with Crippen molar-refractivity contribution in [1.82, 2.24) is 15.2 Å². The van der Waals surface area contributed by atoms with Gasteiger partial charge in [-0.2, -0.15) is 5.10 Å². The third-order valence-electron chi connectivity index (χ3n) is 6.16. The summed E-state index contributed by atoms with van der Waals surface area (Å²) in [6, 6.07) is 8.21. The predicted octanol–water partition coefficient (Wildman–Crippen LogP) is 3.57. The van der Waals surface area contributed by atoms with Gasteiger partial charge in [0, 0.05) is 31.8 Å². The molecule has 3 rings (SSSR count). The maximum atomic E-state index is 14.9. The molecule has 0 saturated heterocycles. The number of fused-ring (bicyclic) bond motifs is 1. The number of hydrogen-bond acceptors (Lipinski definition) is 6. The van der Waals surface area contributed by atoms with Crippen LogP contribution in [0.2, 0.25) is 0 Å². The number of nitrogens with zero attached hydrogens (tertiary/aromatic N) is 4. The van der Waals surface area contributed by atoms with E-state index in [1.54, 1.807) is 33.4 Å². The molecule has 190 valence electrons. The Labute approximate surface area is 207 Å². The Bertz CT molecular complexity index is 1090. The average molecular weight is 486 g/mol. The summed E-state index contributed by atoms with van der Waals surface area (Å²) in [4.78, 5) is 16.7. The van der Waals surface area contributed by atoms with Gasteiger partial charge in [-0.15, -0.1) is 0 Å². The Hall–Kier alpha value is -3.33. The number of hydrazone groups is 1. The van der Waals surface area contributed by atoms with Crippen LogP contribution in [0.15, 0.2) is 35.4 Å². The van der Waals surface area contributed by atoms with Gasteiger partial charge in [-0.05, 0) is 76.3 Å². The molecule has 0 bridgehead atoms. The average Bonchev–Trinajstić information content (AvgIpc) is 2.98. The number of nitrogens with one attached hydrogen (secondary N) is 1. The fraction of sp³-hybridized carbons (Fsp3) is 0.462. The maximum Gasteiger partial charge on any atom is 0.337 e. The minimum Gasteiger partial charge on any atom is -0.493 e.